The van der Waals surface area contributed by atoms with Gasteiger partial charge >= 0.3 is 5.97 Å². The Kier molecular flexibility index (Phi) is 5.65. The van der Waals surface area contributed by atoms with E-state index in [9.17, 15) is 4.79 Å². The Morgan fingerprint density at radius 1 is 1.47 bits per heavy atom. The quantitative estimate of drug-likeness (QED) is 0.545. The van der Waals surface area contributed by atoms with Crippen LogP contribution in [0.5, 0.6) is 0 Å². The maximum absolute atomic E-state index is 11.5. The fourth-order valence-corrected chi connectivity index (χ4v) is 2.20. The Bertz CT molecular complexity index is 279. The van der Waals surface area contributed by atoms with Crippen molar-refractivity contribution in [3.8, 4) is 0 Å². The molecule has 0 aromatic rings. The lowest BCUT2D eigenvalue weighted by molar-refractivity contribution is -0.138. The van der Waals surface area contributed by atoms with Crippen LogP contribution in [0.3, 0.4) is 0 Å². The van der Waals surface area contributed by atoms with Crippen LogP contribution in [0.1, 0.15) is 20.3 Å². The van der Waals surface area contributed by atoms with Gasteiger partial charge in [0.1, 0.15) is 0 Å². The lowest BCUT2D eigenvalue weighted by Gasteiger charge is -2.27. The molecular formula is C13H24N2O2. The molecule has 0 aromatic heterocycles. The highest BCUT2D eigenvalue weighted by Gasteiger charge is 2.21. The summed E-state index contributed by atoms with van der Waals surface area (Å²) in [7, 11) is 2.14. The first-order valence-electron chi connectivity index (χ1n) is 6.32. The molecule has 1 aliphatic heterocycles. The Morgan fingerprint density at radius 2 is 2.18 bits per heavy atom. The molecule has 4 nitrogen and oxygen atoms in total. The maximum Gasteiger partial charge on any atom is 0.334 e. The Labute approximate surface area is 104 Å². The molecule has 0 aliphatic carbocycles. The van der Waals surface area contributed by atoms with E-state index in [1.165, 1.54) is 0 Å². The lowest BCUT2D eigenvalue weighted by atomic mass is 10.2. The fraction of sp³-hybridized carbons (Fsp3) is 0.769. The van der Waals surface area contributed by atoms with Crippen molar-refractivity contribution in [2.75, 3.05) is 39.8 Å². The molecule has 1 rings (SSSR count). The first-order valence-corrected chi connectivity index (χ1v) is 6.32. The first kappa shape index (κ1) is 14.2. The summed E-state index contributed by atoms with van der Waals surface area (Å²) in [5, 5.41) is 0. The SMILES string of the molecule is C=C(CN1CCCN(C)CC1C)C(=O)OCC. The molecule has 0 N–H and O–H groups in total. The van der Waals surface area contributed by atoms with Crippen LogP contribution in [0.15, 0.2) is 12.2 Å². The van der Waals surface area contributed by atoms with Gasteiger partial charge in [0.05, 0.1) is 6.61 Å². The van der Waals surface area contributed by atoms with Crippen molar-refractivity contribution in [2.24, 2.45) is 0 Å². The van der Waals surface area contributed by atoms with Crippen LogP contribution in [0, 0.1) is 0 Å². The molecule has 0 amide bonds. The van der Waals surface area contributed by atoms with E-state index in [0.717, 1.165) is 26.1 Å². The molecule has 0 bridgehead atoms. The van der Waals surface area contributed by atoms with Crippen LogP contribution >= 0.6 is 0 Å². The van der Waals surface area contributed by atoms with Crippen molar-refractivity contribution in [1.29, 1.82) is 0 Å². The minimum atomic E-state index is -0.266. The predicted octanol–water partition coefficient (Wildman–Crippen LogP) is 1.13. The van der Waals surface area contributed by atoms with Crippen molar-refractivity contribution in [3.05, 3.63) is 12.2 Å². The van der Waals surface area contributed by atoms with Gasteiger partial charge < -0.3 is 9.64 Å². The molecule has 1 aliphatic rings. The number of hydrogen-bond acceptors (Lipinski definition) is 4. The van der Waals surface area contributed by atoms with E-state index in [2.05, 4.69) is 30.4 Å². The number of likely N-dealkylation sites (N-methyl/N-ethyl adjacent to an activating group) is 1. The first-order chi connectivity index (χ1) is 8.04. The maximum atomic E-state index is 11.5. The van der Waals surface area contributed by atoms with E-state index in [1.54, 1.807) is 0 Å². The molecule has 4 heteroatoms. The van der Waals surface area contributed by atoms with Gasteiger partial charge in [-0.15, -0.1) is 0 Å². The third-order valence-corrected chi connectivity index (χ3v) is 3.14. The van der Waals surface area contributed by atoms with Crippen molar-refractivity contribution in [3.63, 3.8) is 0 Å². The van der Waals surface area contributed by atoms with Gasteiger partial charge in [0, 0.05) is 31.2 Å². The van der Waals surface area contributed by atoms with Crippen LogP contribution < -0.4 is 0 Å². The standard InChI is InChI=1S/C13H24N2O2/c1-5-17-13(16)11(2)9-15-8-6-7-14(4)10-12(15)3/h12H,2,5-10H2,1,3-4H3. The second-order valence-corrected chi connectivity index (χ2v) is 4.76. The molecule has 1 unspecified atom stereocenters. The number of ether oxygens (including phenoxy) is 1. The van der Waals surface area contributed by atoms with E-state index in [-0.39, 0.29) is 5.97 Å². The molecule has 1 fully saturated rings. The highest BCUT2D eigenvalue weighted by molar-refractivity contribution is 5.88. The molecule has 1 saturated heterocycles. The molecule has 0 aromatic carbocycles. The summed E-state index contributed by atoms with van der Waals surface area (Å²) in [5.74, 6) is -0.266. The Morgan fingerprint density at radius 3 is 2.82 bits per heavy atom. The number of rotatable bonds is 4. The zero-order chi connectivity index (χ0) is 12.8. The van der Waals surface area contributed by atoms with Crippen molar-refractivity contribution in [2.45, 2.75) is 26.3 Å². The van der Waals surface area contributed by atoms with Crippen LogP contribution in [-0.4, -0.2) is 61.6 Å². The summed E-state index contributed by atoms with van der Waals surface area (Å²) in [6.45, 7) is 12.0. The van der Waals surface area contributed by atoms with E-state index in [4.69, 9.17) is 4.74 Å². The summed E-state index contributed by atoms with van der Waals surface area (Å²) in [6, 6.07) is 0.452. The third-order valence-electron chi connectivity index (χ3n) is 3.14. The van der Waals surface area contributed by atoms with Crippen molar-refractivity contribution in [1.82, 2.24) is 9.80 Å². The largest absolute Gasteiger partial charge is 0.463 e. The predicted molar refractivity (Wildman–Crippen MR) is 68.9 cm³/mol. The molecular weight excluding hydrogens is 216 g/mol. The lowest BCUT2D eigenvalue weighted by Crippen LogP contribution is -2.39. The van der Waals surface area contributed by atoms with Gasteiger partial charge in [0.25, 0.3) is 0 Å². The fourth-order valence-electron chi connectivity index (χ4n) is 2.20. The van der Waals surface area contributed by atoms with E-state index in [1.807, 2.05) is 6.92 Å². The van der Waals surface area contributed by atoms with E-state index in [0.29, 0.717) is 24.8 Å². The highest BCUT2D eigenvalue weighted by atomic mass is 16.5. The normalized spacial score (nSPS) is 23.1. The smallest absolute Gasteiger partial charge is 0.334 e. The van der Waals surface area contributed by atoms with Crippen LogP contribution in [0.2, 0.25) is 0 Å². The van der Waals surface area contributed by atoms with Gasteiger partial charge in [0.15, 0.2) is 0 Å². The summed E-state index contributed by atoms with van der Waals surface area (Å²) >= 11 is 0. The average Bonchev–Trinajstić information content (AvgIpc) is 2.41. The van der Waals surface area contributed by atoms with Crippen LogP contribution in [0.25, 0.3) is 0 Å². The van der Waals surface area contributed by atoms with E-state index < -0.39 is 0 Å². The van der Waals surface area contributed by atoms with Gasteiger partial charge in [-0.3, -0.25) is 4.90 Å². The molecule has 0 saturated carbocycles. The second-order valence-electron chi connectivity index (χ2n) is 4.76. The number of nitrogens with zero attached hydrogens (tertiary/aromatic N) is 2. The summed E-state index contributed by atoms with van der Waals surface area (Å²) < 4.78 is 4.96. The van der Waals surface area contributed by atoms with Gasteiger partial charge in [-0.1, -0.05) is 6.58 Å². The Hall–Kier alpha value is -0.870. The zero-order valence-electron chi connectivity index (χ0n) is 11.2. The second kappa shape index (κ2) is 6.77. The van der Waals surface area contributed by atoms with Gasteiger partial charge in [-0.05, 0) is 33.9 Å². The molecule has 1 heterocycles. The molecule has 1 atom stereocenters. The summed E-state index contributed by atoms with van der Waals surface area (Å²) in [5.41, 5.74) is 0.559. The number of carbonyl (C=O) groups excluding carboxylic acids is 1. The van der Waals surface area contributed by atoms with E-state index >= 15 is 0 Å². The average molecular weight is 240 g/mol. The number of carbonyl (C=O) groups is 1. The zero-order valence-corrected chi connectivity index (χ0v) is 11.2. The monoisotopic (exact) mass is 240 g/mol. The minimum absolute atomic E-state index is 0.266. The van der Waals surface area contributed by atoms with Crippen molar-refractivity contribution >= 4 is 5.97 Å². The van der Waals surface area contributed by atoms with Crippen LogP contribution in [0.4, 0.5) is 0 Å². The highest BCUT2D eigenvalue weighted by Crippen LogP contribution is 2.11. The van der Waals surface area contributed by atoms with Gasteiger partial charge in [-0.25, -0.2) is 4.79 Å². The topological polar surface area (TPSA) is 32.8 Å². The van der Waals surface area contributed by atoms with Gasteiger partial charge in [0.2, 0.25) is 0 Å². The van der Waals surface area contributed by atoms with Crippen LogP contribution in [-0.2, 0) is 9.53 Å². The van der Waals surface area contributed by atoms with Gasteiger partial charge in [-0.2, -0.15) is 0 Å². The minimum Gasteiger partial charge on any atom is -0.463 e. The molecule has 0 spiro atoms. The molecule has 98 valence electrons. The van der Waals surface area contributed by atoms with Crippen molar-refractivity contribution < 1.29 is 9.53 Å². The molecule has 17 heavy (non-hydrogen) atoms. The Balaban J connectivity index is 2.49. The summed E-state index contributed by atoms with van der Waals surface area (Å²) in [4.78, 5) is 16.2. The number of hydrogen-bond donors (Lipinski definition) is 0. The third kappa shape index (κ3) is 4.48. The molecule has 0 radical (unpaired) electrons. The summed E-state index contributed by atoms with van der Waals surface area (Å²) in [6.07, 6.45) is 1.14. The number of esters is 1.